The van der Waals surface area contributed by atoms with Gasteiger partial charge in [0.2, 0.25) is 0 Å². The quantitative estimate of drug-likeness (QED) is 0.133. The average molecular weight is 1550 g/mol. The third-order valence-electron chi connectivity index (χ3n) is 22.8. The molecule has 2 aliphatic carbocycles. The Morgan fingerprint density at radius 1 is 0.186 bits per heavy atom. The lowest BCUT2D eigenvalue weighted by Crippen LogP contribution is -2.15. The summed E-state index contributed by atoms with van der Waals surface area (Å²) in [6.45, 7) is -4.10. The molecule has 118 heavy (non-hydrogen) atoms. The van der Waals surface area contributed by atoms with Crippen molar-refractivity contribution >= 4 is 129 Å². The second-order valence-electron chi connectivity index (χ2n) is 29.6. The van der Waals surface area contributed by atoms with Gasteiger partial charge in [-0.15, -0.1) is 0 Å². The summed E-state index contributed by atoms with van der Waals surface area (Å²) in [5.41, 5.74) is -10.9. The second kappa shape index (κ2) is 25.0. The molecular formula is C118H76. The molecule has 0 heterocycles. The summed E-state index contributed by atoms with van der Waals surface area (Å²) >= 11 is 0. The lowest BCUT2D eigenvalue weighted by molar-refractivity contribution is 0.660. The van der Waals surface area contributed by atoms with E-state index in [4.69, 9.17) is 28.8 Å². The highest BCUT2D eigenvalue weighted by atomic mass is 14.4. The average Bonchev–Trinajstić information content (AvgIpc) is 1.52. The molecule has 0 fully saturated rings. The van der Waals surface area contributed by atoms with Gasteiger partial charge in [0, 0.05) is 19.1 Å². The number of rotatable bonds is 8. The van der Waals surface area contributed by atoms with Crippen LogP contribution in [0.5, 0.6) is 0 Å². The third-order valence-corrected chi connectivity index (χ3v) is 22.8. The topological polar surface area (TPSA) is 0 Å². The van der Waals surface area contributed by atoms with Crippen LogP contribution in [0.4, 0.5) is 0 Å². The Balaban J connectivity index is 0.000000178. The van der Waals surface area contributed by atoms with Crippen molar-refractivity contribution in [3.05, 3.63) is 409 Å². The minimum atomic E-state index is -4.18. The summed E-state index contributed by atoms with van der Waals surface area (Å²) in [6, 6.07) is -17.0. The van der Waals surface area contributed by atoms with Crippen LogP contribution >= 0.6 is 0 Å². The van der Waals surface area contributed by atoms with Crippen molar-refractivity contribution in [2.75, 3.05) is 0 Å². The van der Waals surface area contributed by atoms with E-state index in [1.54, 1.807) is 12.1 Å². The van der Waals surface area contributed by atoms with Crippen LogP contribution < -0.4 is 0 Å². The lowest BCUT2D eigenvalue weighted by Gasteiger charge is -2.23. The first-order valence-corrected chi connectivity index (χ1v) is 37.1. The fraction of sp³-hybridized carbons (Fsp3) is 0.0508. The first-order valence-electron chi connectivity index (χ1n) is 65.1. The van der Waals surface area contributed by atoms with Crippen LogP contribution in [0.15, 0.2) is 387 Å². The Bertz CT molecular complexity index is 11200. The van der Waals surface area contributed by atoms with Gasteiger partial charge in [-0.3, -0.25) is 0 Å². The van der Waals surface area contributed by atoms with E-state index < -0.39 is 458 Å². The van der Waals surface area contributed by atoms with Gasteiger partial charge in [0.15, 0.2) is 0 Å². The predicted molar refractivity (Wildman–Crippen MR) is 506 cm³/mol. The lowest BCUT2D eigenvalue weighted by atomic mass is 9.80. The summed E-state index contributed by atoms with van der Waals surface area (Å²) in [6.07, 6.45) is 0. The zero-order chi connectivity index (χ0) is 126. The molecule has 24 aromatic rings. The van der Waals surface area contributed by atoms with Crippen molar-refractivity contribution in [2.45, 2.75) is 38.4 Å². The van der Waals surface area contributed by atoms with E-state index in [0.29, 0.717) is 11.1 Å². The van der Waals surface area contributed by atoms with Crippen LogP contribution in [0, 0.1) is 0 Å². The maximum absolute atomic E-state index is 10.4. The molecule has 24 aromatic carbocycles. The fourth-order valence-electron chi connectivity index (χ4n) is 17.2. The summed E-state index contributed by atoms with van der Waals surface area (Å²) < 4.78 is 521. The Hall–Kier alpha value is -14.6. The van der Waals surface area contributed by atoms with Gasteiger partial charge in [0.25, 0.3) is 0 Å². The Kier molecular flexibility index (Phi) is 6.83. The molecule has 548 valence electrons. The molecule has 0 radical (unpaired) electrons. The van der Waals surface area contributed by atoms with E-state index in [-0.39, 0.29) is 86.9 Å². The fourth-order valence-corrected chi connectivity index (χ4v) is 17.2. The maximum atomic E-state index is 10.4. The van der Waals surface area contributed by atoms with Crippen molar-refractivity contribution in [2.24, 2.45) is 0 Å². The summed E-state index contributed by atoms with van der Waals surface area (Å²) in [5.74, 6) is 0. The maximum Gasteiger partial charge on any atom is 0.0636 e. The Labute approximate surface area is 763 Å². The standard InChI is InChI=1S/2C59H38/c2*1-59(2)53-33-42(35-8-4-3-5-9-35)22-26-49(53)50-27-23-43(34-54(50)59)44-30-45(47-24-18-40-16-14-36-10-6-12-38-20-28-51(47)57(40)55(36)38)32-46(31-44)48-25-19-41-17-15-37-11-7-13-39-21-29-52(48)58(41)56(37)39/h2*3-34H,1-2H3/i1D3,2D3,3D,4D,5D,6D,7D,8D,9D,10D,11D,12D,13D,14D,15D,16D,17D,18D,19D,20D,21D,22D,23D,24D,25D,26D,27D,28D,29D,30D,31D,32D,33D,34D;6D,7D,10D,11D,12D,13D,14D,15D,16D,17D,18D,19D,20D,21D,24D,25D,28D,29D. The minimum absolute atomic E-state index is 0.0150. The summed E-state index contributed by atoms with van der Waals surface area (Å²) in [4.78, 5) is 0. The Morgan fingerprint density at radius 3 is 0.898 bits per heavy atom. The van der Waals surface area contributed by atoms with E-state index in [0.717, 1.165) is 33.4 Å². The molecule has 0 bridgehead atoms. The molecule has 0 heteroatoms. The molecule has 0 saturated heterocycles. The van der Waals surface area contributed by atoms with E-state index in [1.807, 2.05) is 36.4 Å². The van der Waals surface area contributed by atoms with Gasteiger partial charge in [0.1, 0.15) is 0 Å². The number of hydrogen-bond acceptors (Lipinski definition) is 0. The van der Waals surface area contributed by atoms with Crippen molar-refractivity contribution < 1.29 is 76.8 Å². The van der Waals surface area contributed by atoms with E-state index in [2.05, 4.69) is 44.2 Å². The van der Waals surface area contributed by atoms with Crippen molar-refractivity contribution in [3.8, 4) is 111 Å². The first-order chi connectivity index (χ1) is 81.4. The number of benzene rings is 24. The number of fused-ring (bicyclic) bond motifs is 6. The molecule has 0 nitrogen and oxygen atoms in total. The van der Waals surface area contributed by atoms with Crippen molar-refractivity contribution in [1.82, 2.24) is 0 Å². The highest BCUT2D eigenvalue weighted by Gasteiger charge is 2.38. The zero-order valence-corrected chi connectivity index (χ0v) is 61.1. The van der Waals surface area contributed by atoms with Gasteiger partial charge in [-0.1, -0.05) is 354 Å². The summed E-state index contributed by atoms with van der Waals surface area (Å²) in [7, 11) is 0. The molecular weight excluding hydrogens is 1420 g/mol. The van der Waals surface area contributed by atoms with Crippen molar-refractivity contribution in [1.29, 1.82) is 0 Å². The normalized spacial score (nSPS) is 20.3. The monoisotopic (exact) mass is 1550 g/mol. The van der Waals surface area contributed by atoms with Crippen LogP contribution in [0.1, 0.15) is 127 Å². The molecule has 0 spiro atoms. The van der Waals surface area contributed by atoms with Crippen LogP contribution in [0.2, 0.25) is 0 Å². The predicted octanol–water partition coefficient (Wildman–Crippen LogP) is 32.9. The summed E-state index contributed by atoms with van der Waals surface area (Å²) in [5, 5.41) is -8.83. The molecule has 0 unspecified atom stereocenters. The van der Waals surface area contributed by atoms with Crippen LogP contribution in [-0.4, -0.2) is 0 Å². The van der Waals surface area contributed by atoms with E-state index in [1.165, 1.54) is 6.07 Å². The largest absolute Gasteiger partial charge is 0.0636 e. The first kappa shape index (κ1) is 32.3. The van der Waals surface area contributed by atoms with Crippen LogP contribution in [-0.2, 0) is 10.8 Å². The van der Waals surface area contributed by atoms with Gasteiger partial charge >= 0.3 is 0 Å². The van der Waals surface area contributed by atoms with Gasteiger partial charge in [0.05, 0.1) is 68.5 Å². The van der Waals surface area contributed by atoms with E-state index >= 15 is 0 Å². The SMILES string of the molecule is [2H]c1c([2H])c([2H])c(-c2c([2H])c([2H])c3c(c2[2H])C(C([2H])([2H])[2H])(C([2H])([2H])[2H])c2c([2H])c(-c4c([2H])c(-c5c([2H])c([2H])c6c([2H])c([2H])c7c([2H])c([2H])c([2H])c8c([2H])c([2H])c5c6c78)c([2H])c(-c5c([2H])c([2H])c6c([2H])c([2H])c7c([2H])c([2H])c([2H])c8c([2H])c([2H])c5c6c78)c4[2H])c([2H])c([2H])c2-3)c([2H])c1[2H].[2H]c1c([2H])c2c([2H])c([2H])c3c([2H])c([2H])c(-c4cc(-c5ccc6c(c5)C(C)(C)c5cc(-c7ccccc7)ccc5-6)cc(-c5c([2H])c([2H])c6c([2H])c([2H])c7c([2H])c([2H])c([2H])c8c([2H])c([2H])c5c6c78)c4)c4c([2H])c([2H])c(c1[2H])c2c34. The third kappa shape index (κ3) is 9.90. The Morgan fingerprint density at radius 2 is 0.508 bits per heavy atom. The molecule has 0 saturated carbocycles. The van der Waals surface area contributed by atoms with Gasteiger partial charge in [-0.2, -0.15) is 0 Å². The number of hydrogen-bond donors (Lipinski definition) is 0. The van der Waals surface area contributed by atoms with Crippen molar-refractivity contribution in [3.63, 3.8) is 0 Å². The van der Waals surface area contributed by atoms with Gasteiger partial charge < -0.3 is 0 Å². The molecule has 26 rings (SSSR count). The molecule has 0 aromatic heterocycles. The highest BCUT2D eigenvalue weighted by molar-refractivity contribution is 6.30. The molecule has 2 aliphatic rings. The molecule has 0 atom stereocenters. The minimum Gasteiger partial charge on any atom is -0.0622 e. The van der Waals surface area contributed by atoms with Gasteiger partial charge in [-0.05, 0) is 323 Å². The molecule has 0 N–H and O–H groups in total. The van der Waals surface area contributed by atoms with Crippen LogP contribution in [0.3, 0.4) is 0 Å². The second-order valence-corrected chi connectivity index (χ2v) is 29.6. The molecule has 0 aliphatic heterocycles. The van der Waals surface area contributed by atoms with Crippen LogP contribution in [0.25, 0.3) is 241 Å². The zero-order valence-electron chi connectivity index (χ0n) is 117. The molecule has 0 amide bonds. The van der Waals surface area contributed by atoms with E-state index in [9.17, 15) is 48.0 Å². The van der Waals surface area contributed by atoms with Gasteiger partial charge in [-0.25, -0.2) is 0 Å². The highest BCUT2D eigenvalue weighted by Crippen LogP contribution is 2.55. The smallest absolute Gasteiger partial charge is 0.0622 e.